The van der Waals surface area contributed by atoms with Crippen LogP contribution >= 0.6 is 11.6 Å². The number of pyridine rings is 1. The molecule has 0 saturated heterocycles. The number of aromatic nitrogens is 2. The Morgan fingerprint density at radius 1 is 1.18 bits per heavy atom. The Hall–Kier alpha value is -4.01. The molecule has 0 fully saturated rings. The molecule has 5 rings (SSSR count). The van der Waals surface area contributed by atoms with E-state index in [2.05, 4.69) is 15.2 Å². The molecule has 3 heterocycles. The number of aryl methyl sites for hydroxylation is 1. The molecule has 2 aromatic carbocycles. The van der Waals surface area contributed by atoms with E-state index in [9.17, 15) is 14.0 Å². The Balaban J connectivity index is 1.41. The van der Waals surface area contributed by atoms with Gasteiger partial charge in [-0.3, -0.25) is 14.3 Å². The molecule has 9 heteroatoms. The first kappa shape index (κ1) is 25.6. The molecule has 194 valence electrons. The predicted molar refractivity (Wildman–Crippen MR) is 146 cm³/mol. The SMILES string of the molecule is Cc1ccc(/C=C/CN2CCc3c(c4cc(C(N)=O)ccc4n3C(=O)NCc3ccnc(Cl)c3)C2)cc1F. The number of primary amides is 1. The van der Waals surface area contributed by atoms with Crippen LogP contribution in [0.2, 0.25) is 5.15 Å². The minimum Gasteiger partial charge on any atom is -0.366 e. The van der Waals surface area contributed by atoms with Gasteiger partial charge in [0.2, 0.25) is 5.91 Å². The summed E-state index contributed by atoms with van der Waals surface area (Å²) in [6.07, 6.45) is 6.17. The number of hydrogen-bond acceptors (Lipinski definition) is 4. The zero-order valence-electron chi connectivity index (χ0n) is 20.9. The molecule has 0 spiro atoms. The molecule has 38 heavy (non-hydrogen) atoms. The molecule has 1 aliphatic heterocycles. The number of amides is 2. The van der Waals surface area contributed by atoms with Gasteiger partial charge in [-0.2, -0.15) is 0 Å². The topological polar surface area (TPSA) is 93.2 Å². The molecule has 0 bridgehead atoms. The van der Waals surface area contributed by atoms with Crippen molar-refractivity contribution in [3.63, 3.8) is 0 Å². The van der Waals surface area contributed by atoms with Crippen LogP contribution < -0.4 is 11.1 Å². The minimum absolute atomic E-state index is 0.224. The molecule has 0 radical (unpaired) electrons. The van der Waals surface area contributed by atoms with Crippen LogP contribution in [-0.2, 0) is 19.5 Å². The Morgan fingerprint density at radius 2 is 2.03 bits per heavy atom. The smallest absolute Gasteiger partial charge is 0.326 e. The van der Waals surface area contributed by atoms with E-state index in [0.29, 0.717) is 42.3 Å². The van der Waals surface area contributed by atoms with Gasteiger partial charge in [-0.25, -0.2) is 14.2 Å². The maximum absolute atomic E-state index is 13.9. The van der Waals surface area contributed by atoms with Gasteiger partial charge in [-0.15, -0.1) is 0 Å². The van der Waals surface area contributed by atoms with Crippen LogP contribution in [0.1, 0.15) is 38.3 Å². The van der Waals surface area contributed by atoms with Gasteiger partial charge in [0, 0.05) is 55.4 Å². The van der Waals surface area contributed by atoms with Crippen LogP contribution in [0, 0.1) is 12.7 Å². The second-order valence-electron chi connectivity index (χ2n) is 9.40. The summed E-state index contributed by atoms with van der Waals surface area (Å²) in [7, 11) is 0. The molecule has 2 aromatic heterocycles. The van der Waals surface area contributed by atoms with Gasteiger partial charge in [0.25, 0.3) is 0 Å². The minimum atomic E-state index is -0.520. The fraction of sp³-hybridized carbons (Fsp3) is 0.207. The van der Waals surface area contributed by atoms with Gasteiger partial charge in [0.05, 0.1) is 5.52 Å². The molecule has 2 amide bonds. The van der Waals surface area contributed by atoms with Crippen LogP contribution in [0.3, 0.4) is 0 Å². The number of carbonyl (C=O) groups is 2. The van der Waals surface area contributed by atoms with Gasteiger partial charge in [-0.1, -0.05) is 35.9 Å². The molecule has 0 saturated carbocycles. The Bertz CT molecular complexity index is 1580. The fourth-order valence-corrected chi connectivity index (χ4v) is 5.01. The quantitative estimate of drug-likeness (QED) is 0.340. The Morgan fingerprint density at radius 3 is 2.79 bits per heavy atom. The van der Waals surface area contributed by atoms with Crippen molar-refractivity contribution in [2.75, 3.05) is 13.1 Å². The second kappa shape index (κ2) is 10.8. The maximum Gasteiger partial charge on any atom is 0.326 e. The highest BCUT2D eigenvalue weighted by atomic mass is 35.5. The van der Waals surface area contributed by atoms with E-state index in [1.807, 2.05) is 18.2 Å². The molecule has 7 nitrogen and oxygen atoms in total. The molecular formula is C29H27ClFN5O2. The lowest BCUT2D eigenvalue weighted by Crippen LogP contribution is -2.34. The molecule has 0 unspecified atom stereocenters. The number of nitrogens with one attached hydrogen (secondary N) is 1. The third-order valence-corrected chi connectivity index (χ3v) is 7.03. The third kappa shape index (κ3) is 5.32. The third-order valence-electron chi connectivity index (χ3n) is 6.82. The summed E-state index contributed by atoms with van der Waals surface area (Å²) in [5.74, 6) is -0.744. The van der Waals surface area contributed by atoms with Crippen molar-refractivity contribution in [1.82, 2.24) is 19.8 Å². The predicted octanol–water partition coefficient (Wildman–Crippen LogP) is 5.07. The largest absolute Gasteiger partial charge is 0.366 e. The van der Waals surface area contributed by atoms with Gasteiger partial charge in [0.15, 0.2) is 0 Å². The van der Waals surface area contributed by atoms with Crippen molar-refractivity contribution < 1.29 is 14.0 Å². The number of halogens is 2. The van der Waals surface area contributed by atoms with Crippen LogP contribution in [0.5, 0.6) is 0 Å². The van der Waals surface area contributed by atoms with E-state index in [0.717, 1.165) is 39.8 Å². The lowest BCUT2D eigenvalue weighted by Gasteiger charge is -2.27. The lowest BCUT2D eigenvalue weighted by atomic mass is 10.0. The first-order chi connectivity index (χ1) is 18.3. The van der Waals surface area contributed by atoms with Gasteiger partial charge in [0.1, 0.15) is 11.0 Å². The van der Waals surface area contributed by atoms with Crippen LogP contribution in [0.4, 0.5) is 9.18 Å². The Kier molecular flexibility index (Phi) is 7.26. The molecule has 1 aliphatic rings. The van der Waals surface area contributed by atoms with E-state index < -0.39 is 5.91 Å². The van der Waals surface area contributed by atoms with Crippen LogP contribution in [-0.4, -0.2) is 39.5 Å². The monoisotopic (exact) mass is 531 g/mol. The summed E-state index contributed by atoms with van der Waals surface area (Å²) in [6.45, 7) is 4.04. The van der Waals surface area contributed by atoms with E-state index in [-0.39, 0.29) is 11.8 Å². The van der Waals surface area contributed by atoms with Gasteiger partial charge < -0.3 is 11.1 Å². The van der Waals surface area contributed by atoms with Gasteiger partial charge >= 0.3 is 6.03 Å². The summed E-state index contributed by atoms with van der Waals surface area (Å²) in [6, 6.07) is 13.6. The molecule has 0 aliphatic carbocycles. The summed E-state index contributed by atoms with van der Waals surface area (Å²) in [5, 5.41) is 4.16. The van der Waals surface area contributed by atoms with Crippen molar-refractivity contribution in [1.29, 1.82) is 0 Å². The second-order valence-corrected chi connectivity index (χ2v) is 9.79. The number of fused-ring (bicyclic) bond motifs is 3. The van der Waals surface area contributed by atoms with E-state index >= 15 is 0 Å². The first-order valence-corrected chi connectivity index (χ1v) is 12.7. The van der Waals surface area contributed by atoms with Crippen LogP contribution in [0.25, 0.3) is 17.0 Å². The fourth-order valence-electron chi connectivity index (χ4n) is 4.82. The van der Waals surface area contributed by atoms with Crippen molar-refractivity contribution in [3.05, 3.63) is 105 Å². The zero-order valence-corrected chi connectivity index (χ0v) is 21.6. The molecule has 4 aromatic rings. The average molecular weight is 532 g/mol. The summed E-state index contributed by atoms with van der Waals surface area (Å²) >= 11 is 5.98. The lowest BCUT2D eigenvalue weighted by molar-refractivity contribution is 0.100. The van der Waals surface area contributed by atoms with Gasteiger partial charge in [-0.05, 0) is 65.6 Å². The Labute approximate surface area is 224 Å². The summed E-state index contributed by atoms with van der Waals surface area (Å²) in [5.41, 5.74) is 10.8. The normalized spacial score (nSPS) is 13.7. The summed E-state index contributed by atoms with van der Waals surface area (Å²) < 4.78 is 15.6. The van der Waals surface area contributed by atoms with Crippen molar-refractivity contribution in [3.8, 4) is 0 Å². The van der Waals surface area contributed by atoms with E-state index in [1.54, 1.807) is 54.1 Å². The number of hydrogen-bond donors (Lipinski definition) is 2. The highest BCUT2D eigenvalue weighted by Crippen LogP contribution is 2.32. The number of carbonyl (C=O) groups excluding carboxylic acids is 2. The van der Waals surface area contributed by atoms with Crippen molar-refractivity contribution >= 4 is 40.5 Å². The number of benzene rings is 2. The number of nitrogens with zero attached hydrogens (tertiary/aromatic N) is 3. The van der Waals surface area contributed by atoms with E-state index in [1.165, 1.54) is 6.07 Å². The standard InChI is InChI=1S/C29H27ClFN5O2/c1-18-4-5-19(13-24(18)31)3-2-11-35-12-9-26-23(17-35)22-15-21(28(32)37)6-7-25(22)36(26)29(38)34-16-20-8-10-33-27(30)14-20/h2-8,10,13-15H,9,11-12,16-17H2,1H3,(H2,32,37)(H,34,38)/b3-2+. The number of nitrogens with two attached hydrogens (primary N) is 1. The average Bonchev–Trinajstić information content (AvgIpc) is 3.22. The molecule has 3 N–H and O–H groups in total. The summed E-state index contributed by atoms with van der Waals surface area (Å²) in [4.78, 5) is 31.5. The molecular weight excluding hydrogens is 505 g/mol. The highest BCUT2D eigenvalue weighted by molar-refractivity contribution is 6.29. The first-order valence-electron chi connectivity index (χ1n) is 12.3. The van der Waals surface area contributed by atoms with Crippen LogP contribution in [0.15, 0.2) is 60.8 Å². The van der Waals surface area contributed by atoms with E-state index in [4.69, 9.17) is 17.3 Å². The molecule has 0 atom stereocenters. The zero-order chi connectivity index (χ0) is 26.8. The highest BCUT2D eigenvalue weighted by Gasteiger charge is 2.26. The maximum atomic E-state index is 13.9. The van der Waals surface area contributed by atoms with Crippen molar-refractivity contribution in [2.24, 2.45) is 5.73 Å². The van der Waals surface area contributed by atoms with Crippen molar-refractivity contribution in [2.45, 2.75) is 26.4 Å². The number of rotatable bonds is 6.